The van der Waals surface area contributed by atoms with Crippen LogP contribution in [-0.4, -0.2) is 105 Å². The van der Waals surface area contributed by atoms with Gasteiger partial charge in [0.25, 0.3) is 0 Å². The number of unbranched alkanes of at least 4 members (excludes halogenated alkanes) is 7. The molecule has 6 atom stereocenters. The number of hydrogen-bond acceptors (Lipinski definition) is 11. The lowest BCUT2D eigenvalue weighted by molar-refractivity contribution is -0.303. The molecule has 6 N–H and O–H groups in total. The summed E-state index contributed by atoms with van der Waals surface area (Å²) in [5, 5.41) is 30.5. The third-order valence-corrected chi connectivity index (χ3v) is 10.4. The Morgan fingerprint density at radius 1 is 0.776 bits per heavy atom. The molecule has 1 saturated heterocycles. The SMILES string of the molecule is CCCCCCCCCCC(=O)N[C@H](CO[C@H](COC(=O)Nc1cccc(C(F)(F)F)c1)OC1COC(c2ccccc2)O[C@@H]1CO)C(CO)OCCNC(=O)Nc1cccc(C(F)(F)F)c1. The molecule has 372 valence electrons. The van der Waals surface area contributed by atoms with Gasteiger partial charge in [0.1, 0.15) is 24.9 Å². The van der Waals surface area contributed by atoms with E-state index in [1.54, 1.807) is 30.3 Å². The number of benzene rings is 3. The van der Waals surface area contributed by atoms with Gasteiger partial charge >= 0.3 is 24.5 Å². The predicted octanol–water partition coefficient (Wildman–Crippen LogP) is 8.32. The molecule has 1 heterocycles. The molecule has 0 aliphatic carbocycles. The maximum Gasteiger partial charge on any atom is 0.416 e. The number of carbonyl (C=O) groups is 3. The van der Waals surface area contributed by atoms with Crippen LogP contribution >= 0.6 is 0 Å². The Bertz CT molecular complexity index is 1930. The fourth-order valence-electron chi connectivity index (χ4n) is 6.81. The molecule has 0 spiro atoms. The van der Waals surface area contributed by atoms with E-state index in [1.165, 1.54) is 12.1 Å². The van der Waals surface area contributed by atoms with E-state index in [9.17, 15) is 50.9 Å². The van der Waals surface area contributed by atoms with Crippen molar-refractivity contribution in [1.82, 2.24) is 10.6 Å². The van der Waals surface area contributed by atoms with Gasteiger partial charge in [0.2, 0.25) is 5.91 Å². The van der Waals surface area contributed by atoms with Crippen LogP contribution in [0.4, 0.5) is 47.3 Å². The molecule has 0 bridgehead atoms. The topological polar surface area (TPSA) is 195 Å². The van der Waals surface area contributed by atoms with E-state index >= 15 is 0 Å². The molecule has 0 aromatic heterocycles. The minimum Gasteiger partial charge on any atom is -0.444 e. The number of ether oxygens (including phenoxy) is 6. The quantitative estimate of drug-likeness (QED) is 0.0244. The Labute approximate surface area is 385 Å². The lowest BCUT2D eigenvalue weighted by atomic mass is 10.1. The van der Waals surface area contributed by atoms with Crippen molar-refractivity contribution in [3.8, 4) is 0 Å². The maximum atomic E-state index is 13.3. The second-order valence-corrected chi connectivity index (χ2v) is 15.6. The number of amides is 4. The molecule has 4 amide bonds. The van der Waals surface area contributed by atoms with Crippen molar-refractivity contribution >= 4 is 29.4 Å². The highest BCUT2D eigenvalue weighted by Gasteiger charge is 2.37. The summed E-state index contributed by atoms with van der Waals surface area (Å²) in [6, 6.07) is 14.8. The van der Waals surface area contributed by atoms with Crippen LogP contribution in [0, 0.1) is 0 Å². The van der Waals surface area contributed by atoms with E-state index in [2.05, 4.69) is 28.2 Å². The third kappa shape index (κ3) is 20.0. The van der Waals surface area contributed by atoms with Crippen molar-refractivity contribution in [3.63, 3.8) is 0 Å². The van der Waals surface area contributed by atoms with Crippen molar-refractivity contribution in [2.45, 2.75) is 114 Å². The zero-order valence-electron chi connectivity index (χ0n) is 37.1. The molecule has 3 aromatic rings. The molecule has 3 aromatic carbocycles. The van der Waals surface area contributed by atoms with Crippen molar-refractivity contribution in [2.24, 2.45) is 0 Å². The van der Waals surface area contributed by atoms with Crippen LogP contribution in [0.5, 0.6) is 0 Å². The highest BCUT2D eigenvalue weighted by atomic mass is 19.4. The molecule has 3 unspecified atom stereocenters. The summed E-state index contributed by atoms with van der Waals surface area (Å²) in [4.78, 5) is 38.7. The Morgan fingerprint density at radius 3 is 2.01 bits per heavy atom. The first-order valence-electron chi connectivity index (χ1n) is 22.1. The molecule has 15 nitrogen and oxygen atoms in total. The third-order valence-electron chi connectivity index (χ3n) is 10.4. The predicted molar refractivity (Wildman–Crippen MR) is 233 cm³/mol. The highest BCUT2D eigenvalue weighted by Crippen LogP contribution is 2.32. The summed E-state index contributed by atoms with van der Waals surface area (Å²) in [5.41, 5.74) is -1.64. The first-order chi connectivity index (χ1) is 32.1. The van der Waals surface area contributed by atoms with Gasteiger partial charge in [0.05, 0.1) is 50.2 Å². The summed E-state index contributed by atoms with van der Waals surface area (Å²) in [5.74, 6) is -0.407. The molecular formula is C46H60F6N4O11. The summed E-state index contributed by atoms with van der Waals surface area (Å²) >= 11 is 0. The molecule has 4 rings (SSSR count). The normalized spacial score (nSPS) is 17.8. The van der Waals surface area contributed by atoms with Gasteiger partial charge in [0, 0.05) is 29.9 Å². The van der Waals surface area contributed by atoms with E-state index in [0.29, 0.717) is 18.1 Å². The zero-order valence-corrected chi connectivity index (χ0v) is 37.1. The second-order valence-electron chi connectivity index (χ2n) is 15.6. The summed E-state index contributed by atoms with van der Waals surface area (Å²) in [6.07, 6.45) is -8.06. The van der Waals surface area contributed by atoms with Crippen molar-refractivity contribution in [2.75, 3.05) is 56.8 Å². The number of halogens is 6. The van der Waals surface area contributed by atoms with Gasteiger partial charge in [-0.25, -0.2) is 9.59 Å². The highest BCUT2D eigenvalue weighted by molar-refractivity contribution is 5.89. The van der Waals surface area contributed by atoms with E-state index in [4.69, 9.17) is 28.4 Å². The fraction of sp³-hybridized carbons (Fsp3) is 0.543. The minimum atomic E-state index is -4.68. The van der Waals surface area contributed by atoms with Gasteiger partial charge in [-0.05, 0) is 42.8 Å². The number of urea groups is 1. The van der Waals surface area contributed by atoms with Crippen LogP contribution in [0.15, 0.2) is 78.9 Å². The van der Waals surface area contributed by atoms with Crippen LogP contribution in [-0.2, 0) is 45.6 Å². The number of nitrogens with one attached hydrogen (secondary N) is 4. The maximum absolute atomic E-state index is 13.3. The first-order valence-corrected chi connectivity index (χ1v) is 22.1. The number of aliphatic hydroxyl groups is 2. The molecule has 0 saturated carbocycles. The zero-order chi connectivity index (χ0) is 48.7. The monoisotopic (exact) mass is 958 g/mol. The average molecular weight is 959 g/mol. The molecular weight excluding hydrogens is 899 g/mol. The van der Waals surface area contributed by atoms with E-state index < -0.39 is 105 Å². The standard InChI is InChI=1S/C46H60F6N4O11/c1-2-3-4-5-6-7-8-12-21-40(59)56-36(37(26-57)62-23-22-53-43(60)54-34-19-13-17-32(24-34)45(47,48)49)28-63-41(30-65-44(61)55-35-20-14-18-33(25-35)46(50,51)52)66-39-29-64-42(67-38(39)27-58)31-15-10-9-11-16-31/h9-11,13-20,24-25,36-39,41-42,57-58H,2-8,12,21-23,26-30H2,1H3,(H,55,61)(H,56,59)(H2,53,54,60)/t36-,37?,38-,39?,41+,42?/m1/s1. The minimum absolute atomic E-state index is 0.112. The van der Waals surface area contributed by atoms with E-state index in [-0.39, 0.29) is 37.6 Å². The first kappa shape index (κ1) is 54.6. The van der Waals surface area contributed by atoms with Gasteiger partial charge < -0.3 is 54.6 Å². The van der Waals surface area contributed by atoms with E-state index in [0.717, 1.165) is 75.3 Å². The fourth-order valence-corrected chi connectivity index (χ4v) is 6.81. The number of anilines is 2. The van der Waals surface area contributed by atoms with E-state index in [1.807, 2.05) is 0 Å². The largest absolute Gasteiger partial charge is 0.444 e. The molecule has 67 heavy (non-hydrogen) atoms. The summed E-state index contributed by atoms with van der Waals surface area (Å²) < 4.78 is 115. The number of rotatable bonds is 27. The number of alkyl halides is 6. The average Bonchev–Trinajstić information content (AvgIpc) is 3.30. The lowest BCUT2D eigenvalue weighted by Gasteiger charge is -2.37. The van der Waals surface area contributed by atoms with Crippen LogP contribution in [0.25, 0.3) is 0 Å². The van der Waals surface area contributed by atoms with Crippen molar-refractivity contribution < 1.29 is 79.4 Å². The lowest BCUT2D eigenvalue weighted by Crippen LogP contribution is -2.51. The van der Waals surface area contributed by atoms with Crippen LogP contribution in [0.1, 0.15) is 87.7 Å². The number of carbonyl (C=O) groups excluding carboxylic acids is 3. The van der Waals surface area contributed by atoms with Gasteiger partial charge in [-0.2, -0.15) is 26.3 Å². The van der Waals surface area contributed by atoms with Gasteiger partial charge in [-0.3, -0.25) is 10.1 Å². The summed E-state index contributed by atoms with van der Waals surface area (Å²) in [6.45, 7) is -0.794. The Hall–Kier alpha value is -5.03. The van der Waals surface area contributed by atoms with Gasteiger partial charge in [0.15, 0.2) is 12.6 Å². The Morgan fingerprint density at radius 2 is 1.40 bits per heavy atom. The van der Waals surface area contributed by atoms with Crippen LogP contribution < -0.4 is 21.3 Å². The smallest absolute Gasteiger partial charge is 0.416 e. The molecule has 0 radical (unpaired) electrons. The van der Waals surface area contributed by atoms with Gasteiger partial charge in [-0.1, -0.05) is 94.3 Å². The molecule has 1 aliphatic heterocycles. The van der Waals surface area contributed by atoms with Crippen molar-refractivity contribution in [3.05, 3.63) is 95.6 Å². The van der Waals surface area contributed by atoms with Crippen LogP contribution in [0.3, 0.4) is 0 Å². The molecule has 1 aliphatic rings. The molecule has 21 heteroatoms. The Kier molecular flexibility index (Phi) is 23.1. The number of aliphatic hydroxyl groups excluding tert-OH is 2. The number of hydrogen-bond donors (Lipinski definition) is 6. The van der Waals surface area contributed by atoms with Gasteiger partial charge in [-0.15, -0.1) is 0 Å². The van der Waals surface area contributed by atoms with Crippen molar-refractivity contribution in [1.29, 1.82) is 0 Å². The summed E-state index contributed by atoms with van der Waals surface area (Å²) in [7, 11) is 0. The second kappa shape index (κ2) is 28.3. The molecule has 1 fully saturated rings. The Balaban J connectivity index is 1.45. The van der Waals surface area contributed by atoms with Crippen LogP contribution in [0.2, 0.25) is 0 Å².